The topological polar surface area (TPSA) is 84.5 Å². The molecular formula is C21H24N2O4S. The fourth-order valence-electron chi connectivity index (χ4n) is 2.38. The number of carbonyl (C=O) groups is 1. The maximum absolute atomic E-state index is 12.7. The first-order valence-corrected chi connectivity index (χ1v) is 10.1. The molecule has 0 aromatic heterocycles. The Bertz CT molecular complexity index is 998. The van der Waals surface area contributed by atoms with Crippen molar-refractivity contribution in [2.24, 2.45) is 0 Å². The van der Waals surface area contributed by atoms with Gasteiger partial charge in [-0.25, -0.2) is 13.1 Å². The fourth-order valence-corrected chi connectivity index (χ4v) is 3.99. The summed E-state index contributed by atoms with van der Waals surface area (Å²) in [5, 5.41) is 2.67. The summed E-state index contributed by atoms with van der Waals surface area (Å²) in [6.45, 7) is 5.35. The fraction of sp³-hybridized carbons (Fsp3) is 0.286. The first kappa shape index (κ1) is 21.5. The molecule has 7 heteroatoms. The van der Waals surface area contributed by atoms with E-state index in [0.717, 1.165) is 5.56 Å². The number of hydrogen-bond acceptors (Lipinski definition) is 4. The lowest BCUT2D eigenvalue weighted by atomic mass is 10.1. The Kier molecular flexibility index (Phi) is 6.84. The van der Waals surface area contributed by atoms with E-state index in [1.165, 1.54) is 25.3 Å². The Morgan fingerprint density at radius 1 is 1.11 bits per heavy atom. The van der Waals surface area contributed by atoms with Gasteiger partial charge in [-0.05, 0) is 51.1 Å². The number of carbonyl (C=O) groups excluding carboxylic acids is 1. The average molecular weight is 401 g/mol. The van der Waals surface area contributed by atoms with Crippen LogP contribution in [0.15, 0.2) is 53.4 Å². The van der Waals surface area contributed by atoms with Crippen molar-refractivity contribution in [1.82, 2.24) is 10.0 Å². The van der Waals surface area contributed by atoms with Crippen molar-refractivity contribution in [3.63, 3.8) is 0 Å². The third kappa shape index (κ3) is 6.12. The van der Waals surface area contributed by atoms with Crippen molar-refractivity contribution in [1.29, 1.82) is 0 Å². The highest BCUT2D eigenvalue weighted by molar-refractivity contribution is 7.89. The van der Waals surface area contributed by atoms with Gasteiger partial charge in [0.1, 0.15) is 10.6 Å². The lowest BCUT2D eigenvalue weighted by Crippen LogP contribution is -2.40. The van der Waals surface area contributed by atoms with Gasteiger partial charge in [-0.1, -0.05) is 30.0 Å². The molecule has 1 amide bonds. The van der Waals surface area contributed by atoms with E-state index in [-0.39, 0.29) is 22.8 Å². The molecule has 2 aromatic carbocycles. The Hall–Kier alpha value is -2.82. The van der Waals surface area contributed by atoms with E-state index in [4.69, 9.17) is 4.74 Å². The van der Waals surface area contributed by atoms with E-state index in [2.05, 4.69) is 21.9 Å². The molecule has 0 radical (unpaired) electrons. The van der Waals surface area contributed by atoms with Crippen molar-refractivity contribution in [2.75, 3.05) is 13.7 Å². The standard InChI is InChI=1S/C21H24N2O4S/c1-21(2,3)23-28(25,26)19-15-17(12-13-18(19)27-4)20(24)22-14-8-11-16-9-6-5-7-10-16/h5-7,9-10,12-13,15,23H,14H2,1-4H3,(H,22,24). The highest BCUT2D eigenvalue weighted by atomic mass is 32.2. The summed E-state index contributed by atoms with van der Waals surface area (Å²) in [5.41, 5.74) is 0.384. The number of ether oxygens (including phenoxy) is 1. The number of amides is 1. The van der Waals surface area contributed by atoms with Gasteiger partial charge in [0, 0.05) is 16.7 Å². The van der Waals surface area contributed by atoms with E-state index in [0.29, 0.717) is 0 Å². The smallest absolute Gasteiger partial charge is 0.252 e. The molecule has 0 saturated carbocycles. The van der Waals surface area contributed by atoms with Gasteiger partial charge < -0.3 is 10.1 Å². The van der Waals surface area contributed by atoms with E-state index in [1.807, 2.05) is 30.3 Å². The van der Waals surface area contributed by atoms with Gasteiger partial charge in [0.2, 0.25) is 10.0 Å². The molecule has 2 N–H and O–H groups in total. The zero-order valence-corrected chi connectivity index (χ0v) is 17.2. The van der Waals surface area contributed by atoms with Gasteiger partial charge in [-0.15, -0.1) is 0 Å². The minimum Gasteiger partial charge on any atom is -0.495 e. The summed E-state index contributed by atoms with van der Waals surface area (Å²) >= 11 is 0. The molecule has 0 aliphatic carbocycles. The van der Waals surface area contributed by atoms with Crippen LogP contribution < -0.4 is 14.8 Å². The number of methoxy groups -OCH3 is 1. The van der Waals surface area contributed by atoms with Crippen LogP contribution in [0, 0.1) is 11.8 Å². The monoisotopic (exact) mass is 400 g/mol. The Morgan fingerprint density at radius 2 is 1.79 bits per heavy atom. The highest BCUT2D eigenvalue weighted by Gasteiger charge is 2.26. The Morgan fingerprint density at radius 3 is 2.39 bits per heavy atom. The van der Waals surface area contributed by atoms with E-state index in [9.17, 15) is 13.2 Å². The lowest BCUT2D eigenvalue weighted by Gasteiger charge is -2.21. The van der Waals surface area contributed by atoms with Crippen LogP contribution in [0.25, 0.3) is 0 Å². The number of nitrogens with one attached hydrogen (secondary N) is 2. The molecule has 6 nitrogen and oxygen atoms in total. The molecule has 0 aliphatic heterocycles. The predicted molar refractivity (Wildman–Crippen MR) is 109 cm³/mol. The van der Waals surface area contributed by atoms with Gasteiger partial charge in [-0.3, -0.25) is 4.79 Å². The van der Waals surface area contributed by atoms with Gasteiger partial charge >= 0.3 is 0 Å². The third-order valence-electron chi connectivity index (χ3n) is 3.50. The summed E-state index contributed by atoms with van der Waals surface area (Å²) in [4.78, 5) is 12.3. The molecule has 0 bridgehead atoms. The molecule has 2 rings (SSSR count). The molecule has 2 aromatic rings. The van der Waals surface area contributed by atoms with Crippen molar-refractivity contribution < 1.29 is 17.9 Å². The molecule has 0 atom stereocenters. The summed E-state index contributed by atoms with van der Waals surface area (Å²) < 4.78 is 33.1. The molecule has 0 spiro atoms. The van der Waals surface area contributed by atoms with Gasteiger partial charge in [0.25, 0.3) is 5.91 Å². The second kappa shape index (κ2) is 8.91. The molecule has 0 heterocycles. The Labute approximate surface area is 166 Å². The van der Waals surface area contributed by atoms with Crippen LogP contribution in [0.2, 0.25) is 0 Å². The first-order chi connectivity index (χ1) is 13.1. The third-order valence-corrected chi connectivity index (χ3v) is 5.28. The van der Waals surface area contributed by atoms with Crippen LogP contribution in [0.4, 0.5) is 0 Å². The SMILES string of the molecule is COc1ccc(C(=O)NCC#Cc2ccccc2)cc1S(=O)(=O)NC(C)(C)C. The molecule has 148 valence electrons. The minimum absolute atomic E-state index is 0.0899. The van der Waals surface area contributed by atoms with Gasteiger partial charge in [-0.2, -0.15) is 0 Å². The van der Waals surface area contributed by atoms with Crippen LogP contribution in [0.1, 0.15) is 36.7 Å². The van der Waals surface area contributed by atoms with E-state index >= 15 is 0 Å². The molecule has 28 heavy (non-hydrogen) atoms. The second-order valence-electron chi connectivity index (χ2n) is 7.07. The number of hydrogen-bond donors (Lipinski definition) is 2. The van der Waals surface area contributed by atoms with E-state index < -0.39 is 21.5 Å². The number of rotatable bonds is 5. The van der Waals surface area contributed by atoms with Crippen LogP contribution in [0.5, 0.6) is 5.75 Å². The highest BCUT2D eigenvalue weighted by Crippen LogP contribution is 2.26. The first-order valence-electron chi connectivity index (χ1n) is 8.66. The summed E-state index contributed by atoms with van der Waals surface area (Å²) in [5.74, 6) is 5.55. The maximum atomic E-state index is 12.7. The lowest BCUT2D eigenvalue weighted by molar-refractivity contribution is 0.0958. The average Bonchev–Trinajstić information content (AvgIpc) is 2.63. The van der Waals surface area contributed by atoms with Gasteiger partial charge in [0.05, 0.1) is 13.7 Å². The van der Waals surface area contributed by atoms with Crippen molar-refractivity contribution >= 4 is 15.9 Å². The van der Waals surface area contributed by atoms with Crippen molar-refractivity contribution in [2.45, 2.75) is 31.2 Å². The summed E-state index contributed by atoms with van der Waals surface area (Å²) in [7, 11) is -2.48. The van der Waals surface area contributed by atoms with Crippen LogP contribution in [-0.4, -0.2) is 33.5 Å². The molecule has 0 saturated heterocycles. The zero-order chi connectivity index (χ0) is 20.8. The largest absolute Gasteiger partial charge is 0.495 e. The number of sulfonamides is 1. The molecular weight excluding hydrogens is 376 g/mol. The van der Waals surface area contributed by atoms with Crippen LogP contribution in [-0.2, 0) is 10.0 Å². The van der Waals surface area contributed by atoms with Crippen molar-refractivity contribution in [3.05, 3.63) is 59.7 Å². The molecule has 0 fully saturated rings. The second-order valence-corrected chi connectivity index (χ2v) is 8.72. The zero-order valence-electron chi connectivity index (χ0n) is 16.4. The minimum atomic E-state index is -3.86. The predicted octanol–water partition coefficient (Wildman–Crippen LogP) is 2.55. The quantitative estimate of drug-likeness (QED) is 0.756. The number of benzene rings is 2. The summed E-state index contributed by atoms with van der Waals surface area (Å²) in [6, 6.07) is 13.7. The van der Waals surface area contributed by atoms with E-state index in [1.54, 1.807) is 20.8 Å². The van der Waals surface area contributed by atoms with Crippen LogP contribution in [0.3, 0.4) is 0 Å². The molecule has 0 unspecified atom stereocenters. The van der Waals surface area contributed by atoms with Gasteiger partial charge in [0.15, 0.2) is 0 Å². The summed E-state index contributed by atoms with van der Waals surface area (Å²) in [6.07, 6.45) is 0. The van der Waals surface area contributed by atoms with Crippen molar-refractivity contribution in [3.8, 4) is 17.6 Å². The normalized spacial score (nSPS) is 11.3. The molecule has 0 aliphatic rings. The maximum Gasteiger partial charge on any atom is 0.252 e. The Balaban J connectivity index is 2.18. The van der Waals surface area contributed by atoms with Crippen LogP contribution >= 0.6 is 0 Å².